The standard InChI is InChI=1S/C18H24N4O/c1-13(11-21-12-19-14(2)15(21)3)20-16-6-8-17(9-7-16)22-10-4-5-18(22)23/h6-9,12-13,20H,4-5,10-11H2,1-3H3/t13-/m1/s1. The molecule has 0 aliphatic carbocycles. The average Bonchev–Trinajstić information content (AvgIpc) is 3.09. The highest BCUT2D eigenvalue weighted by Crippen LogP contribution is 2.23. The Morgan fingerprint density at radius 3 is 2.57 bits per heavy atom. The molecular weight excluding hydrogens is 288 g/mol. The second-order valence-corrected chi connectivity index (χ2v) is 6.31. The zero-order valence-electron chi connectivity index (χ0n) is 14.0. The van der Waals surface area contributed by atoms with Crippen molar-refractivity contribution in [2.45, 2.75) is 46.2 Å². The first-order valence-corrected chi connectivity index (χ1v) is 8.20. The second kappa shape index (κ2) is 6.44. The molecule has 1 saturated heterocycles. The highest BCUT2D eigenvalue weighted by atomic mass is 16.2. The van der Waals surface area contributed by atoms with Gasteiger partial charge in [-0.15, -0.1) is 0 Å². The summed E-state index contributed by atoms with van der Waals surface area (Å²) in [5, 5.41) is 3.50. The van der Waals surface area contributed by atoms with E-state index in [1.165, 1.54) is 5.69 Å². The van der Waals surface area contributed by atoms with Crippen molar-refractivity contribution in [3.05, 3.63) is 42.0 Å². The lowest BCUT2D eigenvalue weighted by Gasteiger charge is -2.19. The number of carbonyl (C=O) groups is 1. The Balaban J connectivity index is 1.61. The molecule has 23 heavy (non-hydrogen) atoms. The molecule has 0 saturated carbocycles. The molecule has 0 bridgehead atoms. The Morgan fingerprint density at radius 2 is 2.00 bits per heavy atom. The van der Waals surface area contributed by atoms with E-state index in [2.05, 4.69) is 28.7 Å². The maximum absolute atomic E-state index is 11.8. The summed E-state index contributed by atoms with van der Waals surface area (Å²) >= 11 is 0. The van der Waals surface area contributed by atoms with Crippen molar-refractivity contribution in [1.82, 2.24) is 9.55 Å². The first kappa shape index (κ1) is 15.6. The van der Waals surface area contributed by atoms with E-state index < -0.39 is 0 Å². The van der Waals surface area contributed by atoms with Crippen LogP contribution in [0.5, 0.6) is 0 Å². The Labute approximate surface area is 137 Å². The third kappa shape index (κ3) is 3.38. The maximum atomic E-state index is 11.8. The number of hydrogen-bond donors (Lipinski definition) is 1. The molecule has 2 aromatic rings. The van der Waals surface area contributed by atoms with Crippen LogP contribution in [0.25, 0.3) is 0 Å². The largest absolute Gasteiger partial charge is 0.381 e. The van der Waals surface area contributed by atoms with Gasteiger partial charge in [0.25, 0.3) is 0 Å². The highest BCUT2D eigenvalue weighted by molar-refractivity contribution is 5.95. The number of imidazole rings is 1. The molecule has 1 aliphatic rings. The summed E-state index contributed by atoms with van der Waals surface area (Å²) in [7, 11) is 0. The van der Waals surface area contributed by atoms with Crippen molar-refractivity contribution in [1.29, 1.82) is 0 Å². The van der Waals surface area contributed by atoms with Gasteiger partial charge < -0.3 is 14.8 Å². The van der Waals surface area contributed by atoms with Gasteiger partial charge in [0.2, 0.25) is 5.91 Å². The molecule has 1 fully saturated rings. The predicted octanol–water partition coefficient (Wildman–Crippen LogP) is 3.13. The van der Waals surface area contributed by atoms with Gasteiger partial charge in [-0.25, -0.2) is 4.98 Å². The Kier molecular flexibility index (Phi) is 4.37. The van der Waals surface area contributed by atoms with E-state index in [9.17, 15) is 4.79 Å². The number of nitrogens with one attached hydrogen (secondary N) is 1. The van der Waals surface area contributed by atoms with Crippen LogP contribution in [0, 0.1) is 13.8 Å². The van der Waals surface area contributed by atoms with Crippen LogP contribution in [0.15, 0.2) is 30.6 Å². The average molecular weight is 312 g/mol. The fourth-order valence-electron chi connectivity index (χ4n) is 3.01. The monoisotopic (exact) mass is 312 g/mol. The third-order valence-corrected chi connectivity index (χ3v) is 4.48. The lowest BCUT2D eigenvalue weighted by atomic mass is 10.2. The van der Waals surface area contributed by atoms with Gasteiger partial charge in [0.15, 0.2) is 0 Å². The van der Waals surface area contributed by atoms with Gasteiger partial charge in [-0.1, -0.05) is 0 Å². The molecular formula is C18H24N4O. The van der Waals surface area contributed by atoms with Crippen molar-refractivity contribution < 1.29 is 4.79 Å². The topological polar surface area (TPSA) is 50.2 Å². The van der Waals surface area contributed by atoms with Crippen LogP contribution in [-0.2, 0) is 11.3 Å². The third-order valence-electron chi connectivity index (χ3n) is 4.48. The van der Waals surface area contributed by atoms with Crippen LogP contribution in [0.4, 0.5) is 11.4 Å². The zero-order valence-corrected chi connectivity index (χ0v) is 14.0. The molecule has 5 heteroatoms. The lowest BCUT2D eigenvalue weighted by Crippen LogP contribution is -2.24. The molecule has 2 heterocycles. The Hall–Kier alpha value is -2.30. The predicted molar refractivity (Wildman–Crippen MR) is 92.8 cm³/mol. The number of carbonyl (C=O) groups excluding carboxylic acids is 1. The number of aryl methyl sites for hydroxylation is 1. The van der Waals surface area contributed by atoms with Crippen LogP contribution in [0.2, 0.25) is 0 Å². The van der Waals surface area contributed by atoms with Crippen molar-refractivity contribution in [3.8, 4) is 0 Å². The van der Waals surface area contributed by atoms with Crippen molar-refractivity contribution in [2.24, 2.45) is 0 Å². The minimum absolute atomic E-state index is 0.227. The smallest absolute Gasteiger partial charge is 0.227 e. The van der Waals surface area contributed by atoms with Crippen LogP contribution in [0.1, 0.15) is 31.2 Å². The van der Waals surface area contributed by atoms with Crippen molar-refractivity contribution >= 4 is 17.3 Å². The van der Waals surface area contributed by atoms with E-state index >= 15 is 0 Å². The molecule has 122 valence electrons. The first-order chi connectivity index (χ1) is 11.0. The van der Waals surface area contributed by atoms with Gasteiger partial charge in [-0.3, -0.25) is 4.79 Å². The number of nitrogens with zero attached hydrogens (tertiary/aromatic N) is 3. The summed E-state index contributed by atoms with van der Waals surface area (Å²) < 4.78 is 2.17. The molecule has 1 amide bonds. The number of aromatic nitrogens is 2. The van der Waals surface area contributed by atoms with Gasteiger partial charge >= 0.3 is 0 Å². The molecule has 1 atom stereocenters. The number of rotatable bonds is 5. The van der Waals surface area contributed by atoms with E-state index in [1.807, 2.05) is 42.4 Å². The summed E-state index contributed by atoms with van der Waals surface area (Å²) in [6.07, 6.45) is 3.52. The van der Waals surface area contributed by atoms with Crippen LogP contribution in [0.3, 0.4) is 0 Å². The molecule has 0 spiro atoms. The molecule has 0 unspecified atom stereocenters. The number of anilines is 2. The summed E-state index contributed by atoms with van der Waals surface area (Å²) in [6.45, 7) is 7.99. The quantitative estimate of drug-likeness (QED) is 0.923. The number of amides is 1. The van der Waals surface area contributed by atoms with E-state index in [-0.39, 0.29) is 5.91 Å². The molecule has 1 aliphatic heterocycles. The highest BCUT2D eigenvalue weighted by Gasteiger charge is 2.21. The lowest BCUT2D eigenvalue weighted by molar-refractivity contribution is -0.117. The van der Waals surface area contributed by atoms with E-state index in [1.54, 1.807) is 0 Å². The molecule has 0 radical (unpaired) electrons. The van der Waals surface area contributed by atoms with Crippen molar-refractivity contribution in [2.75, 3.05) is 16.8 Å². The van der Waals surface area contributed by atoms with Crippen LogP contribution >= 0.6 is 0 Å². The van der Waals surface area contributed by atoms with Crippen LogP contribution in [-0.4, -0.2) is 28.0 Å². The summed E-state index contributed by atoms with van der Waals surface area (Å²) in [6, 6.07) is 8.42. The van der Waals surface area contributed by atoms with Gasteiger partial charge in [0.1, 0.15) is 0 Å². The Morgan fingerprint density at radius 1 is 1.26 bits per heavy atom. The van der Waals surface area contributed by atoms with Crippen LogP contribution < -0.4 is 10.2 Å². The normalized spacial score (nSPS) is 16.0. The van der Waals surface area contributed by atoms with Gasteiger partial charge in [0, 0.05) is 42.6 Å². The van der Waals surface area contributed by atoms with E-state index in [4.69, 9.17) is 0 Å². The first-order valence-electron chi connectivity index (χ1n) is 8.20. The zero-order chi connectivity index (χ0) is 16.4. The molecule has 1 aromatic carbocycles. The molecule has 3 rings (SSSR count). The molecule has 1 aromatic heterocycles. The minimum Gasteiger partial charge on any atom is -0.381 e. The van der Waals surface area contributed by atoms with Gasteiger partial charge in [0.05, 0.1) is 12.0 Å². The maximum Gasteiger partial charge on any atom is 0.227 e. The number of benzene rings is 1. The minimum atomic E-state index is 0.227. The summed E-state index contributed by atoms with van der Waals surface area (Å²) in [4.78, 5) is 18.0. The molecule has 5 nitrogen and oxygen atoms in total. The second-order valence-electron chi connectivity index (χ2n) is 6.31. The summed E-state index contributed by atoms with van der Waals surface area (Å²) in [5.74, 6) is 0.227. The summed E-state index contributed by atoms with van der Waals surface area (Å²) in [5.41, 5.74) is 4.35. The van der Waals surface area contributed by atoms with E-state index in [0.717, 1.165) is 36.6 Å². The fraction of sp³-hybridized carbons (Fsp3) is 0.444. The fourth-order valence-corrected chi connectivity index (χ4v) is 3.01. The molecule has 1 N–H and O–H groups in total. The van der Waals surface area contributed by atoms with Gasteiger partial charge in [-0.05, 0) is 51.5 Å². The Bertz CT molecular complexity index is 690. The SMILES string of the molecule is Cc1ncn(C[C@@H](C)Nc2ccc(N3CCCC3=O)cc2)c1C. The number of hydrogen-bond acceptors (Lipinski definition) is 3. The van der Waals surface area contributed by atoms with Gasteiger partial charge in [-0.2, -0.15) is 0 Å². The van der Waals surface area contributed by atoms with E-state index in [0.29, 0.717) is 12.5 Å². The van der Waals surface area contributed by atoms with Crippen molar-refractivity contribution in [3.63, 3.8) is 0 Å².